The monoisotopic (exact) mass is 392 g/mol. The smallest absolute Gasteiger partial charge is 0.308 e. The lowest BCUT2D eigenvalue weighted by Gasteiger charge is -2.15. The number of hydrogen-bond donors (Lipinski definition) is 0. The van der Waals surface area contributed by atoms with Crippen LogP contribution in [0, 0.1) is 3.57 Å². The normalized spacial score (nSPS) is 13.3. The number of carbonyl (C=O) groups excluding carboxylic acids is 1. The van der Waals surface area contributed by atoms with Crippen molar-refractivity contribution in [1.82, 2.24) is 0 Å². The summed E-state index contributed by atoms with van der Waals surface area (Å²) in [5, 5.41) is 0. The number of esters is 1. The van der Waals surface area contributed by atoms with Crippen LogP contribution in [-0.2, 0) is 11.2 Å². The lowest BCUT2D eigenvalue weighted by Crippen LogP contribution is -2.20. The minimum atomic E-state index is -0.289. The minimum Gasteiger partial charge on any atom is -0.426 e. The van der Waals surface area contributed by atoms with Crippen molar-refractivity contribution in [2.75, 3.05) is 6.54 Å². The number of rotatable bonds is 2. The van der Waals surface area contributed by atoms with Gasteiger partial charge in [0.15, 0.2) is 12.8 Å². The molecule has 2 aromatic rings. The number of fused-ring (bicyclic) bond motifs is 1. The van der Waals surface area contributed by atoms with E-state index >= 15 is 0 Å². The average molecular weight is 392 g/mol. The molecule has 0 bridgehead atoms. The molecule has 1 aliphatic rings. The minimum absolute atomic E-state index is 0.289. The third kappa shape index (κ3) is 3.00. The van der Waals surface area contributed by atoms with Crippen LogP contribution >= 0.6 is 22.6 Å². The second kappa shape index (κ2) is 5.97. The summed E-state index contributed by atoms with van der Waals surface area (Å²) in [6.45, 7) is 2.36. The lowest BCUT2D eigenvalue weighted by atomic mass is 10.0. The van der Waals surface area contributed by atoms with E-state index in [0.29, 0.717) is 5.75 Å². The molecule has 0 radical (unpaired) electrons. The Hall–Kier alpha value is -1.69. The molecule has 0 aliphatic carbocycles. The van der Waals surface area contributed by atoms with Crippen molar-refractivity contribution in [2.24, 2.45) is 0 Å². The van der Waals surface area contributed by atoms with Gasteiger partial charge >= 0.3 is 5.97 Å². The largest absolute Gasteiger partial charge is 0.426 e. The highest BCUT2D eigenvalue weighted by atomic mass is 127. The molecule has 0 atom stereocenters. The highest BCUT2D eigenvalue weighted by molar-refractivity contribution is 14.1. The number of nitrogens with zero attached hydrogens (tertiary/aromatic N) is 1. The number of halogens is 1. The molecule has 1 heterocycles. The molecular formula is C17H15INO2+. The van der Waals surface area contributed by atoms with Gasteiger partial charge in [0.2, 0.25) is 5.69 Å². The first kappa shape index (κ1) is 14.3. The van der Waals surface area contributed by atoms with Crippen LogP contribution in [0.5, 0.6) is 5.75 Å². The van der Waals surface area contributed by atoms with Crippen LogP contribution < -0.4 is 4.74 Å². The van der Waals surface area contributed by atoms with Crippen LogP contribution in [0.25, 0.3) is 0 Å². The van der Waals surface area contributed by atoms with Crippen LogP contribution in [0.1, 0.15) is 18.1 Å². The zero-order valence-corrected chi connectivity index (χ0v) is 13.8. The summed E-state index contributed by atoms with van der Waals surface area (Å²) in [6, 6.07) is 14.1. The van der Waals surface area contributed by atoms with Crippen LogP contribution in [0.15, 0.2) is 42.5 Å². The Labute approximate surface area is 137 Å². The lowest BCUT2D eigenvalue weighted by molar-refractivity contribution is -0.437. The first-order valence-corrected chi connectivity index (χ1v) is 7.89. The van der Waals surface area contributed by atoms with Crippen molar-refractivity contribution in [3.05, 3.63) is 57.2 Å². The highest BCUT2D eigenvalue weighted by Crippen LogP contribution is 2.27. The predicted octanol–water partition coefficient (Wildman–Crippen LogP) is 3.54. The number of para-hydroxylation sites is 1. The molecule has 0 spiro atoms. The summed E-state index contributed by atoms with van der Waals surface area (Å²) in [4.78, 5) is 11.3. The molecule has 0 unspecified atom stereocenters. The van der Waals surface area contributed by atoms with Crippen LogP contribution in [0.4, 0.5) is 5.69 Å². The molecule has 0 saturated heterocycles. The summed E-state index contributed by atoms with van der Waals surface area (Å²) < 4.78 is 8.76. The first-order chi connectivity index (χ1) is 10.1. The molecule has 21 heavy (non-hydrogen) atoms. The van der Waals surface area contributed by atoms with E-state index in [1.54, 1.807) is 0 Å². The van der Waals surface area contributed by atoms with E-state index in [9.17, 15) is 4.79 Å². The SMILES string of the molecule is CC(=O)Oc1cccc2c1C=[N+](c1ccccc1I)CC2. The molecule has 1 aliphatic heterocycles. The molecule has 3 nitrogen and oxygen atoms in total. The molecule has 0 fully saturated rings. The third-order valence-electron chi connectivity index (χ3n) is 3.48. The van der Waals surface area contributed by atoms with Gasteiger partial charge in [0, 0.05) is 19.4 Å². The Bertz CT molecular complexity index is 737. The zero-order valence-electron chi connectivity index (χ0n) is 11.7. The van der Waals surface area contributed by atoms with Gasteiger partial charge in [-0.25, -0.2) is 0 Å². The van der Waals surface area contributed by atoms with Gasteiger partial charge in [0.05, 0.1) is 9.13 Å². The quantitative estimate of drug-likeness (QED) is 0.339. The molecule has 3 rings (SSSR count). The van der Waals surface area contributed by atoms with Crippen molar-refractivity contribution in [2.45, 2.75) is 13.3 Å². The van der Waals surface area contributed by atoms with E-state index < -0.39 is 0 Å². The fourth-order valence-corrected chi connectivity index (χ4v) is 3.23. The van der Waals surface area contributed by atoms with Gasteiger partial charge in [-0.15, -0.1) is 0 Å². The first-order valence-electron chi connectivity index (χ1n) is 6.81. The summed E-state index contributed by atoms with van der Waals surface area (Å²) >= 11 is 2.34. The van der Waals surface area contributed by atoms with Crippen LogP contribution in [0.2, 0.25) is 0 Å². The summed E-state index contributed by atoms with van der Waals surface area (Å²) in [5.74, 6) is 0.346. The number of benzene rings is 2. The van der Waals surface area contributed by atoms with Crippen LogP contribution in [-0.4, -0.2) is 23.3 Å². The van der Waals surface area contributed by atoms with Gasteiger partial charge in [-0.2, -0.15) is 4.58 Å². The van der Waals surface area contributed by atoms with Crippen molar-refractivity contribution in [3.8, 4) is 5.75 Å². The Morgan fingerprint density at radius 2 is 2.00 bits per heavy atom. The number of hydrogen-bond acceptors (Lipinski definition) is 2. The Morgan fingerprint density at radius 3 is 2.76 bits per heavy atom. The van der Waals surface area contributed by atoms with Crippen molar-refractivity contribution < 1.29 is 14.1 Å². The second-order valence-electron chi connectivity index (χ2n) is 4.95. The molecular weight excluding hydrogens is 377 g/mol. The summed E-state index contributed by atoms with van der Waals surface area (Å²) in [7, 11) is 0. The van der Waals surface area contributed by atoms with E-state index in [1.807, 2.05) is 24.3 Å². The molecule has 4 heteroatoms. The van der Waals surface area contributed by atoms with Gasteiger partial charge in [-0.05, 0) is 40.3 Å². The zero-order chi connectivity index (χ0) is 14.8. The van der Waals surface area contributed by atoms with Crippen molar-refractivity contribution >= 4 is 40.5 Å². The maximum Gasteiger partial charge on any atom is 0.308 e. The van der Waals surface area contributed by atoms with Gasteiger partial charge in [0.1, 0.15) is 5.75 Å². The molecule has 2 aromatic carbocycles. The molecule has 0 N–H and O–H groups in total. The summed E-state index contributed by atoms with van der Waals surface area (Å²) in [5.41, 5.74) is 3.40. The van der Waals surface area contributed by atoms with Gasteiger partial charge in [-0.3, -0.25) is 4.79 Å². The Kier molecular flexibility index (Phi) is 4.05. The molecule has 0 aromatic heterocycles. The Morgan fingerprint density at radius 1 is 1.19 bits per heavy atom. The highest BCUT2D eigenvalue weighted by Gasteiger charge is 2.22. The van der Waals surface area contributed by atoms with E-state index in [4.69, 9.17) is 4.74 Å². The maximum absolute atomic E-state index is 11.3. The number of carbonyl (C=O) groups is 1. The fourth-order valence-electron chi connectivity index (χ4n) is 2.53. The molecule has 0 amide bonds. The standard InChI is InChI=1S/C17H15INO2/c1-12(20)21-17-8-4-5-13-9-10-19(11-14(13)17)16-7-3-2-6-15(16)18/h2-8,11H,9-10H2,1H3/q+1. The van der Waals surface area contributed by atoms with E-state index in [0.717, 1.165) is 18.5 Å². The van der Waals surface area contributed by atoms with E-state index in [-0.39, 0.29) is 5.97 Å². The third-order valence-corrected chi connectivity index (χ3v) is 4.39. The summed E-state index contributed by atoms with van der Waals surface area (Å²) in [6.07, 6.45) is 3.01. The predicted molar refractivity (Wildman–Crippen MR) is 90.6 cm³/mol. The van der Waals surface area contributed by atoms with Crippen LogP contribution in [0.3, 0.4) is 0 Å². The maximum atomic E-state index is 11.3. The average Bonchev–Trinajstić information content (AvgIpc) is 2.47. The van der Waals surface area contributed by atoms with Gasteiger partial charge in [-0.1, -0.05) is 24.3 Å². The van der Waals surface area contributed by atoms with Gasteiger partial charge < -0.3 is 4.74 Å². The topological polar surface area (TPSA) is 29.3 Å². The van der Waals surface area contributed by atoms with E-state index in [2.05, 4.69) is 51.6 Å². The van der Waals surface area contributed by atoms with E-state index in [1.165, 1.54) is 21.7 Å². The van der Waals surface area contributed by atoms with Gasteiger partial charge in [0.25, 0.3) is 0 Å². The van der Waals surface area contributed by atoms with Crippen molar-refractivity contribution in [3.63, 3.8) is 0 Å². The van der Waals surface area contributed by atoms with Crippen molar-refractivity contribution in [1.29, 1.82) is 0 Å². The molecule has 106 valence electrons. The second-order valence-corrected chi connectivity index (χ2v) is 6.11. The fraction of sp³-hybridized carbons (Fsp3) is 0.176. The number of ether oxygens (including phenoxy) is 1. The Balaban J connectivity index is 2.08. The molecule has 0 saturated carbocycles.